The molecule has 0 aliphatic carbocycles. The van der Waals surface area contributed by atoms with E-state index < -0.39 is 12.0 Å². The van der Waals surface area contributed by atoms with Crippen LogP contribution in [0.2, 0.25) is 0 Å². The van der Waals surface area contributed by atoms with E-state index in [1.165, 1.54) is 7.11 Å². The molecule has 2 amide bonds. The van der Waals surface area contributed by atoms with E-state index in [1.807, 2.05) is 50.2 Å². The van der Waals surface area contributed by atoms with Crippen molar-refractivity contribution < 1.29 is 19.1 Å². The van der Waals surface area contributed by atoms with E-state index >= 15 is 0 Å². The standard InChI is InChI=1S/C21H26N2O4/c1-14(2)12-18(21(26)27-3)23-19(24)10-11-22-20(25)17-9-8-15-6-4-5-7-16(15)13-17/h4-9,13-14,18H,10-12H2,1-3H3,(H,22,25)(H,23,24). The van der Waals surface area contributed by atoms with Crippen LogP contribution >= 0.6 is 0 Å². The number of amides is 2. The number of ether oxygens (including phenoxy) is 1. The first-order valence-electron chi connectivity index (χ1n) is 9.05. The van der Waals surface area contributed by atoms with Gasteiger partial charge >= 0.3 is 5.97 Å². The highest BCUT2D eigenvalue weighted by molar-refractivity contribution is 5.98. The first-order chi connectivity index (χ1) is 12.9. The number of methoxy groups -OCH3 is 1. The van der Waals surface area contributed by atoms with Crippen molar-refractivity contribution >= 4 is 28.6 Å². The van der Waals surface area contributed by atoms with E-state index in [-0.39, 0.29) is 30.7 Å². The summed E-state index contributed by atoms with van der Waals surface area (Å²) >= 11 is 0. The van der Waals surface area contributed by atoms with Crippen molar-refractivity contribution in [3.05, 3.63) is 48.0 Å². The monoisotopic (exact) mass is 370 g/mol. The van der Waals surface area contributed by atoms with Gasteiger partial charge in [0.1, 0.15) is 6.04 Å². The van der Waals surface area contributed by atoms with Gasteiger partial charge in [-0.25, -0.2) is 4.79 Å². The van der Waals surface area contributed by atoms with Crippen molar-refractivity contribution in [3.63, 3.8) is 0 Å². The van der Waals surface area contributed by atoms with Gasteiger partial charge in [0.25, 0.3) is 5.91 Å². The second-order valence-corrected chi connectivity index (χ2v) is 6.84. The average Bonchev–Trinajstić information content (AvgIpc) is 2.65. The third-order valence-electron chi connectivity index (χ3n) is 4.18. The molecular weight excluding hydrogens is 344 g/mol. The normalized spacial score (nSPS) is 11.9. The summed E-state index contributed by atoms with van der Waals surface area (Å²) in [5, 5.41) is 7.45. The number of rotatable bonds is 8. The summed E-state index contributed by atoms with van der Waals surface area (Å²) in [7, 11) is 1.30. The summed E-state index contributed by atoms with van der Waals surface area (Å²) in [6.07, 6.45) is 0.590. The van der Waals surface area contributed by atoms with Gasteiger partial charge in [-0.3, -0.25) is 9.59 Å². The minimum atomic E-state index is -0.668. The summed E-state index contributed by atoms with van der Waals surface area (Å²) in [6, 6.07) is 12.6. The summed E-state index contributed by atoms with van der Waals surface area (Å²) in [4.78, 5) is 36.1. The molecule has 0 saturated carbocycles. The van der Waals surface area contributed by atoms with Gasteiger partial charge in [0, 0.05) is 18.5 Å². The second kappa shape index (κ2) is 9.71. The highest BCUT2D eigenvalue weighted by Gasteiger charge is 2.22. The second-order valence-electron chi connectivity index (χ2n) is 6.84. The number of hydrogen-bond donors (Lipinski definition) is 2. The fourth-order valence-electron chi connectivity index (χ4n) is 2.82. The van der Waals surface area contributed by atoms with E-state index in [1.54, 1.807) is 6.07 Å². The number of fused-ring (bicyclic) bond motifs is 1. The highest BCUT2D eigenvalue weighted by atomic mass is 16.5. The van der Waals surface area contributed by atoms with E-state index in [0.29, 0.717) is 12.0 Å². The zero-order valence-corrected chi connectivity index (χ0v) is 16.0. The van der Waals surface area contributed by atoms with Crippen molar-refractivity contribution in [3.8, 4) is 0 Å². The van der Waals surface area contributed by atoms with Crippen LogP contribution in [-0.4, -0.2) is 37.5 Å². The average molecular weight is 370 g/mol. The number of nitrogens with one attached hydrogen (secondary N) is 2. The van der Waals surface area contributed by atoms with Crippen LogP contribution < -0.4 is 10.6 Å². The molecular formula is C21H26N2O4. The highest BCUT2D eigenvalue weighted by Crippen LogP contribution is 2.15. The lowest BCUT2D eigenvalue weighted by Crippen LogP contribution is -2.43. The van der Waals surface area contributed by atoms with Crippen molar-refractivity contribution in [2.45, 2.75) is 32.7 Å². The van der Waals surface area contributed by atoms with Gasteiger partial charge in [-0.05, 0) is 35.2 Å². The minimum Gasteiger partial charge on any atom is -0.467 e. The predicted octanol–water partition coefficient (Wildman–Crippen LogP) is 2.66. The Bertz CT molecular complexity index is 817. The Morgan fingerprint density at radius 1 is 1.04 bits per heavy atom. The van der Waals surface area contributed by atoms with Gasteiger partial charge in [-0.1, -0.05) is 44.2 Å². The lowest BCUT2D eigenvalue weighted by molar-refractivity contribution is -0.145. The lowest BCUT2D eigenvalue weighted by atomic mass is 10.0. The molecule has 0 aliphatic rings. The van der Waals surface area contributed by atoms with Gasteiger partial charge in [0.05, 0.1) is 7.11 Å². The number of hydrogen-bond acceptors (Lipinski definition) is 4. The van der Waals surface area contributed by atoms with Crippen molar-refractivity contribution in [1.29, 1.82) is 0 Å². The van der Waals surface area contributed by atoms with Crippen LogP contribution in [0.4, 0.5) is 0 Å². The Kier molecular flexibility index (Phi) is 7.34. The van der Waals surface area contributed by atoms with Crippen molar-refractivity contribution in [1.82, 2.24) is 10.6 Å². The SMILES string of the molecule is COC(=O)C(CC(C)C)NC(=O)CCNC(=O)c1ccc2ccccc2c1. The maximum atomic E-state index is 12.3. The molecule has 0 heterocycles. The number of benzene rings is 2. The predicted molar refractivity (Wildman–Crippen MR) is 104 cm³/mol. The molecule has 0 fully saturated rings. The number of esters is 1. The van der Waals surface area contributed by atoms with E-state index in [0.717, 1.165) is 10.8 Å². The molecule has 0 saturated heterocycles. The largest absolute Gasteiger partial charge is 0.467 e. The molecule has 0 aliphatic heterocycles. The molecule has 0 radical (unpaired) electrons. The zero-order valence-electron chi connectivity index (χ0n) is 16.0. The molecule has 1 atom stereocenters. The molecule has 27 heavy (non-hydrogen) atoms. The van der Waals surface area contributed by atoms with E-state index in [2.05, 4.69) is 10.6 Å². The quantitative estimate of drug-likeness (QED) is 0.700. The van der Waals surface area contributed by atoms with E-state index in [9.17, 15) is 14.4 Å². The molecule has 0 bridgehead atoms. The van der Waals surface area contributed by atoms with Crippen LogP contribution in [0.3, 0.4) is 0 Å². The number of carbonyl (C=O) groups is 3. The van der Waals surface area contributed by atoms with Crippen LogP contribution in [0.1, 0.15) is 37.0 Å². The first-order valence-corrected chi connectivity index (χ1v) is 9.05. The molecule has 2 aromatic carbocycles. The summed E-state index contributed by atoms with van der Waals surface area (Å²) in [6.45, 7) is 4.12. The molecule has 2 N–H and O–H groups in total. The molecule has 1 unspecified atom stereocenters. The van der Waals surface area contributed by atoms with Gasteiger partial charge in [-0.2, -0.15) is 0 Å². The van der Waals surface area contributed by atoms with Gasteiger partial charge in [0.15, 0.2) is 0 Å². The van der Waals surface area contributed by atoms with Gasteiger partial charge < -0.3 is 15.4 Å². The molecule has 2 rings (SSSR count). The molecule has 144 valence electrons. The van der Waals surface area contributed by atoms with Crippen LogP contribution in [0.25, 0.3) is 10.8 Å². The molecule has 6 heteroatoms. The lowest BCUT2D eigenvalue weighted by Gasteiger charge is -2.18. The number of carbonyl (C=O) groups excluding carboxylic acids is 3. The summed E-state index contributed by atoms with van der Waals surface area (Å²) in [5.41, 5.74) is 0.543. The Balaban J connectivity index is 1.85. The molecule has 6 nitrogen and oxygen atoms in total. The minimum absolute atomic E-state index is 0.0882. The van der Waals surface area contributed by atoms with Crippen LogP contribution in [0.5, 0.6) is 0 Å². The Hall–Kier alpha value is -2.89. The fourth-order valence-corrected chi connectivity index (χ4v) is 2.82. The van der Waals surface area contributed by atoms with Crippen molar-refractivity contribution in [2.75, 3.05) is 13.7 Å². The van der Waals surface area contributed by atoms with Crippen LogP contribution in [-0.2, 0) is 14.3 Å². The molecule has 0 aromatic heterocycles. The maximum absolute atomic E-state index is 12.3. The Labute approximate surface area is 159 Å². The smallest absolute Gasteiger partial charge is 0.328 e. The first kappa shape index (κ1) is 20.4. The van der Waals surface area contributed by atoms with Crippen LogP contribution in [0, 0.1) is 5.92 Å². The third-order valence-corrected chi connectivity index (χ3v) is 4.18. The Morgan fingerprint density at radius 2 is 1.74 bits per heavy atom. The topological polar surface area (TPSA) is 84.5 Å². The summed E-state index contributed by atoms with van der Waals surface area (Å²) in [5.74, 6) is -0.760. The van der Waals surface area contributed by atoms with Gasteiger partial charge in [0.2, 0.25) is 5.91 Å². The van der Waals surface area contributed by atoms with Crippen molar-refractivity contribution in [2.24, 2.45) is 5.92 Å². The van der Waals surface area contributed by atoms with E-state index in [4.69, 9.17) is 4.74 Å². The summed E-state index contributed by atoms with van der Waals surface area (Å²) < 4.78 is 4.73. The fraction of sp³-hybridized carbons (Fsp3) is 0.381. The van der Waals surface area contributed by atoms with Crippen LogP contribution in [0.15, 0.2) is 42.5 Å². The molecule has 2 aromatic rings. The van der Waals surface area contributed by atoms with Gasteiger partial charge in [-0.15, -0.1) is 0 Å². The molecule has 0 spiro atoms. The zero-order chi connectivity index (χ0) is 19.8. The maximum Gasteiger partial charge on any atom is 0.328 e. The third kappa shape index (κ3) is 6.09. The Morgan fingerprint density at radius 3 is 2.41 bits per heavy atom.